The Morgan fingerprint density at radius 2 is 0.731 bits per heavy atom. The molecule has 1 aliphatic rings. The highest BCUT2D eigenvalue weighted by molar-refractivity contribution is 6.22. The molecular formula is C44H28N8. The number of hydrogen-bond donors (Lipinski definition) is 0. The number of pyridine rings is 6. The average Bonchev–Trinajstić information content (AvgIpc) is 3.22. The second-order valence-corrected chi connectivity index (χ2v) is 12.2. The molecule has 0 saturated heterocycles. The first-order valence-corrected chi connectivity index (χ1v) is 16.8. The summed E-state index contributed by atoms with van der Waals surface area (Å²) in [7, 11) is 0. The molecule has 0 N–H and O–H groups in total. The van der Waals surface area contributed by atoms with Crippen LogP contribution >= 0.6 is 0 Å². The minimum Gasteiger partial charge on any atom is -0.263 e. The Morgan fingerprint density at radius 1 is 0.308 bits per heavy atom. The molecule has 52 heavy (non-hydrogen) atoms. The molecule has 8 heteroatoms. The molecule has 0 saturated carbocycles. The Labute approximate surface area is 300 Å². The third-order valence-corrected chi connectivity index (χ3v) is 8.96. The zero-order valence-corrected chi connectivity index (χ0v) is 27.7. The second kappa shape index (κ2) is 13.5. The molecule has 8 aromatic rings. The maximum atomic E-state index is 5.26. The molecule has 9 rings (SSSR count). The number of aromatic nitrogens is 6. The molecule has 0 radical (unpaired) electrons. The topological polar surface area (TPSA) is 102 Å². The van der Waals surface area contributed by atoms with E-state index in [1.165, 1.54) is 0 Å². The summed E-state index contributed by atoms with van der Waals surface area (Å²) in [5.74, 6) is 0. The average molecular weight is 669 g/mol. The Kier molecular flexibility index (Phi) is 7.99. The van der Waals surface area contributed by atoms with E-state index in [2.05, 4.69) is 90.6 Å². The summed E-state index contributed by atoms with van der Waals surface area (Å²) >= 11 is 0. The monoisotopic (exact) mass is 668 g/mol. The molecule has 244 valence electrons. The van der Waals surface area contributed by atoms with Crippen LogP contribution in [0.2, 0.25) is 0 Å². The van der Waals surface area contributed by atoms with Gasteiger partial charge in [-0.15, -0.1) is 0 Å². The maximum Gasteiger partial charge on any atom is 0.0914 e. The van der Waals surface area contributed by atoms with E-state index in [4.69, 9.17) is 9.98 Å². The van der Waals surface area contributed by atoms with Gasteiger partial charge < -0.3 is 0 Å². The summed E-state index contributed by atoms with van der Waals surface area (Å²) in [5.41, 5.74) is 14.5. The quantitative estimate of drug-likeness (QED) is 0.175. The number of benzene rings is 2. The second-order valence-electron chi connectivity index (χ2n) is 12.2. The molecule has 2 aromatic carbocycles. The van der Waals surface area contributed by atoms with Crippen LogP contribution < -0.4 is 0 Å². The largest absolute Gasteiger partial charge is 0.263 e. The predicted octanol–water partition coefficient (Wildman–Crippen LogP) is 9.38. The molecule has 0 spiro atoms. The van der Waals surface area contributed by atoms with Crippen molar-refractivity contribution in [1.29, 1.82) is 0 Å². The van der Waals surface area contributed by atoms with Gasteiger partial charge in [-0.25, -0.2) is 9.98 Å². The van der Waals surface area contributed by atoms with Crippen molar-refractivity contribution in [2.75, 3.05) is 0 Å². The zero-order chi connectivity index (χ0) is 34.7. The van der Waals surface area contributed by atoms with E-state index < -0.39 is 0 Å². The van der Waals surface area contributed by atoms with E-state index in [-0.39, 0.29) is 0 Å². The van der Waals surface area contributed by atoms with Gasteiger partial charge in [0.05, 0.1) is 46.6 Å². The summed E-state index contributed by atoms with van der Waals surface area (Å²) in [6.07, 6.45) is 18.1. The summed E-state index contributed by atoms with van der Waals surface area (Å²) in [6, 6.07) is 36.6. The highest BCUT2D eigenvalue weighted by Crippen LogP contribution is 2.34. The molecule has 0 fully saturated rings. The van der Waals surface area contributed by atoms with E-state index in [1.54, 1.807) is 37.2 Å². The maximum absolute atomic E-state index is 5.26. The fraction of sp³-hybridized carbons (Fsp3) is 0. The minimum absolute atomic E-state index is 0.728. The highest BCUT2D eigenvalue weighted by atomic mass is 14.9. The Morgan fingerprint density at radius 3 is 1.15 bits per heavy atom. The van der Waals surface area contributed by atoms with E-state index in [0.717, 1.165) is 89.8 Å². The summed E-state index contributed by atoms with van der Waals surface area (Å²) in [6.45, 7) is 0. The van der Waals surface area contributed by atoms with Crippen LogP contribution in [0.25, 0.3) is 44.8 Å². The first-order chi connectivity index (χ1) is 25.8. The lowest BCUT2D eigenvalue weighted by Crippen LogP contribution is -2.10. The molecule has 7 heterocycles. The molecule has 6 aromatic heterocycles. The van der Waals surface area contributed by atoms with Gasteiger partial charge in [0.15, 0.2) is 0 Å². The molecule has 0 amide bonds. The lowest BCUT2D eigenvalue weighted by Gasteiger charge is -2.18. The van der Waals surface area contributed by atoms with Gasteiger partial charge in [-0.05, 0) is 59.7 Å². The highest BCUT2D eigenvalue weighted by Gasteiger charge is 2.21. The van der Waals surface area contributed by atoms with Gasteiger partial charge in [0.2, 0.25) is 0 Å². The van der Waals surface area contributed by atoms with Crippen molar-refractivity contribution in [3.8, 4) is 44.8 Å². The van der Waals surface area contributed by atoms with Gasteiger partial charge in [0.25, 0.3) is 0 Å². The molecule has 0 unspecified atom stereocenters. The third-order valence-electron chi connectivity index (χ3n) is 8.96. The van der Waals surface area contributed by atoms with Gasteiger partial charge in [0, 0.05) is 94.1 Å². The van der Waals surface area contributed by atoms with Crippen molar-refractivity contribution in [3.63, 3.8) is 0 Å². The van der Waals surface area contributed by atoms with Crippen LogP contribution in [0, 0.1) is 0 Å². The van der Waals surface area contributed by atoms with Crippen molar-refractivity contribution in [3.05, 3.63) is 193 Å². The first kappa shape index (κ1) is 30.7. The number of aliphatic imine (C=N–C) groups is 2. The molecule has 0 aliphatic carbocycles. The van der Waals surface area contributed by atoms with Crippen LogP contribution in [0.15, 0.2) is 181 Å². The van der Waals surface area contributed by atoms with Crippen molar-refractivity contribution in [2.24, 2.45) is 9.98 Å². The molecule has 0 atom stereocenters. The number of fused-ring (bicyclic) bond motifs is 2. The smallest absolute Gasteiger partial charge is 0.0914 e. The number of hydrogen-bond acceptors (Lipinski definition) is 8. The fourth-order valence-corrected chi connectivity index (χ4v) is 6.34. The van der Waals surface area contributed by atoms with Crippen LogP contribution in [0.5, 0.6) is 0 Å². The van der Waals surface area contributed by atoms with Gasteiger partial charge in [-0.1, -0.05) is 60.7 Å². The van der Waals surface area contributed by atoms with Crippen LogP contribution in [-0.2, 0) is 0 Å². The Balaban J connectivity index is 1.07. The predicted molar refractivity (Wildman–Crippen MR) is 205 cm³/mol. The van der Waals surface area contributed by atoms with Crippen molar-refractivity contribution >= 4 is 22.8 Å². The standard InChI is InChI=1S/C44H28N8/c1-3-17-49-39(5-1)35-21-33(23-47-25-35)29-7-11-31(12-8-29)43-37-15-19-45-27-41(37)52-44(38-16-20-46-28-42(38)51-43)32-13-9-30(10-14-32)34-22-36(26-48-24-34)40-6-2-4-18-50-40/h1-28H. The minimum atomic E-state index is 0.728. The fourth-order valence-electron chi connectivity index (χ4n) is 6.34. The normalized spacial score (nSPS) is 12.1. The summed E-state index contributed by atoms with van der Waals surface area (Å²) in [5, 5.41) is 0. The van der Waals surface area contributed by atoms with Crippen LogP contribution in [0.3, 0.4) is 0 Å². The van der Waals surface area contributed by atoms with Gasteiger partial charge in [0.1, 0.15) is 0 Å². The van der Waals surface area contributed by atoms with Crippen LogP contribution in [-0.4, -0.2) is 41.3 Å². The Bertz CT molecular complexity index is 2420. The van der Waals surface area contributed by atoms with Crippen molar-refractivity contribution in [1.82, 2.24) is 29.9 Å². The molecule has 1 aliphatic heterocycles. The summed E-state index contributed by atoms with van der Waals surface area (Å²) < 4.78 is 0. The molecular weight excluding hydrogens is 641 g/mol. The number of nitrogens with zero attached hydrogens (tertiary/aromatic N) is 8. The SMILES string of the molecule is c1ccc(-c2cncc(-c3ccc(C4=Nc5cnccc5C(c5ccc(-c6cncc(-c7ccccn7)c6)cc5)=Nc5cnccc54)cc3)c2)nc1. The van der Waals surface area contributed by atoms with Gasteiger partial charge >= 0.3 is 0 Å². The van der Waals surface area contributed by atoms with Crippen molar-refractivity contribution in [2.45, 2.75) is 0 Å². The van der Waals surface area contributed by atoms with E-state index in [1.807, 2.05) is 73.3 Å². The van der Waals surface area contributed by atoms with Gasteiger partial charge in [-0.3, -0.25) is 29.9 Å². The lowest BCUT2D eigenvalue weighted by molar-refractivity contribution is 1.26. The van der Waals surface area contributed by atoms with Crippen LogP contribution in [0.4, 0.5) is 11.4 Å². The van der Waals surface area contributed by atoms with Crippen LogP contribution in [0.1, 0.15) is 22.3 Å². The zero-order valence-electron chi connectivity index (χ0n) is 27.7. The first-order valence-electron chi connectivity index (χ1n) is 16.8. The van der Waals surface area contributed by atoms with Crippen molar-refractivity contribution < 1.29 is 0 Å². The molecule has 8 nitrogen and oxygen atoms in total. The summed E-state index contributed by atoms with van der Waals surface area (Å²) in [4.78, 5) is 37.4. The van der Waals surface area contributed by atoms with E-state index >= 15 is 0 Å². The third kappa shape index (κ3) is 6.05. The Hall–Kier alpha value is -7.32. The lowest BCUT2D eigenvalue weighted by atomic mass is 9.95. The van der Waals surface area contributed by atoms with E-state index in [9.17, 15) is 0 Å². The number of rotatable bonds is 6. The van der Waals surface area contributed by atoms with Gasteiger partial charge in [-0.2, -0.15) is 0 Å². The van der Waals surface area contributed by atoms with E-state index in [0.29, 0.717) is 0 Å². The molecule has 0 bridgehead atoms.